The predicted octanol–water partition coefficient (Wildman–Crippen LogP) is 4.38. The number of thiophene rings is 1. The topological polar surface area (TPSA) is 43.4 Å². The quantitative estimate of drug-likeness (QED) is 0.613. The Bertz CT molecular complexity index is 774. The van der Waals surface area contributed by atoms with E-state index in [0.717, 1.165) is 21.6 Å². The molecule has 0 fully saturated rings. The van der Waals surface area contributed by atoms with E-state index >= 15 is 0 Å². The minimum Gasteiger partial charge on any atom is -0.465 e. The van der Waals surface area contributed by atoms with Gasteiger partial charge in [-0.1, -0.05) is 35.9 Å². The number of hydrogen-bond donors (Lipinski definition) is 0. The van der Waals surface area contributed by atoms with E-state index in [4.69, 9.17) is 4.74 Å². The van der Waals surface area contributed by atoms with Crippen LogP contribution in [0.4, 0.5) is 0 Å². The average Bonchev–Trinajstić information content (AvgIpc) is 3.08. The number of carbonyl (C=O) groups is 2. The molecule has 0 spiro atoms. The fraction of sp³-hybridized carbons (Fsp3) is 0.300. The Morgan fingerprint density at radius 3 is 2.79 bits per heavy atom. The van der Waals surface area contributed by atoms with Gasteiger partial charge in [0.05, 0.1) is 6.61 Å². The fourth-order valence-corrected chi connectivity index (χ4v) is 4.06. The Balaban J connectivity index is 2.00. The van der Waals surface area contributed by atoms with Gasteiger partial charge in [0.25, 0.3) is 0 Å². The molecule has 0 radical (unpaired) electrons. The molecule has 1 aromatic heterocycles. The van der Waals surface area contributed by atoms with Crippen molar-refractivity contribution in [3.05, 3.63) is 63.9 Å². The smallest absolute Gasteiger partial charge is 0.317 e. The van der Waals surface area contributed by atoms with E-state index in [1.54, 1.807) is 24.3 Å². The maximum Gasteiger partial charge on any atom is 0.317 e. The van der Waals surface area contributed by atoms with Crippen LogP contribution in [0, 0.1) is 12.8 Å². The molecular weight excluding hydrogens is 320 g/mol. The first-order chi connectivity index (χ1) is 11.6. The summed E-state index contributed by atoms with van der Waals surface area (Å²) in [6.45, 7) is 4.08. The van der Waals surface area contributed by atoms with Crippen molar-refractivity contribution >= 4 is 28.7 Å². The van der Waals surface area contributed by atoms with E-state index in [9.17, 15) is 9.59 Å². The highest BCUT2D eigenvalue weighted by atomic mass is 32.1. The molecule has 24 heavy (non-hydrogen) atoms. The number of benzene rings is 1. The van der Waals surface area contributed by atoms with Crippen molar-refractivity contribution in [2.75, 3.05) is 6.61 Å². The second-order valence-corrected chi connectivity index (χ2v) is 6.98. The van der Waals surface area contributed by atoms with E-state index in [1.165, 1.54) is 0 Å². The van der Waals surface area contributed by atoms with Crippen LogP contribution in [0.25, 0.3) is 5.57 Å². The van der Waals surface area contributed by atoms with Crippen molar-refractivity contribution in [3.8, 4) is 0 Å². The fourth-order valence-electron chi connectivity index (χ4n) is 3.20. The second-order valence-electron chi connectivity index (χ2n) is 6.00. The van der Waals surface area contributed by atoms with Gasteiger partial charge in [-0.05, 0) is 48.9 Å². The molecule has 1 aromatic carbocycles. The first-order valence-electron chi connectivity index (χ1n) is 8.11. The van der Waals surface area contributed by atoms with Gasteiger partial charge >= 0.3 is 5.97 Å². The molecule has 0 unspecified atom stereocenters. The lowest BCUT2D eigenvalue weighted by Gasteiger charge is -2.28. The van der Waals surface area contributed by atoms with Gasteiger partial charge in [0.1, 0.15) is 5.92 Å². The zero-order valence-corrected chi connectivity index (χ0v) is 14.6. The molecule has 2 atom stereocenters. The third-order valence-electron chi connectivity index (χ3n) is 4.30. The number of esters is 1. The van der Waals surface area contributed by atoms with Gasteiger partial charge in [-0.25, -0.2) is 0 Å². The summed E-state index contributed by atoms with van der Waals surface area (Å²) in [5.41, 5.74) is 3.19. The molecule has 3 rings (SSSR count). The van der Waals surface area contributed by atoms with Gasteiger partial charge < -0.3 is 4.74 Å². The Kier molecular flexibility index (Phi) is 4.95. The Hall–Kier alpha value is -2.20. The third kappa shape index (κ3) is 3.34. The van der Waals surface area contributed by atoms with Crippen LogP contribution in [0.1, 0.15) is 35.3 Å². The molecule has 1 aliphatic carbocycles. The predicted molar refractivity (Wildman–Crippen MR) is 96.0 cm³/mol. The number of carbonyl (C=O) groups excluding carboxylic acids is 2. The van der Waals surface area contributed by atoms with Crippen molar-refractivity contribution in [2.45, 2.75) is 26.2 Å². The molecule has 4 heteroatoms. The van der Waals surface area contributed by atoms with Gasteiger partial charge in [-0.3, -0.25) is 9.59 Å². The number of rotatable bonds is 4. The number of aryl methyl sites for hydroxylation is 1. The molecule has 0 saturated heterocycles. The summed E-state index contributed by atoms with van der Waals surface area (Å²) >= 11 is 1.58. The Morgan fingerprint density at radius 1 is 1.29 bits per heavy atom. The summed E-state index contributed by atoms with van der Waals surface area (Å²) in [7, 11) is 0. The van der Waals surface area contributed by atoms with E-state index in [1.807, 2.05) is 42.6 Å². The van der Waals surface area contributed by atoms with Crippen molar-refractivity contribution < 1.29 is 14.3 Å². The minimum absolute atomic E-state index is 0.155. The second kappa shape index (κ2) is 7.14. The number of ketones is 1. The number of allylic oxidation sites excluding steroid dienone is 2. The summed E-state index contributed by atoms with van der Waals surface area (Å²) in [6.07, 6.45) is 2.29. The lowest BCUT2D eigenvalue weighted by Crippen LogP contribution is -2.33. The third-order valence-corrected chi connectivity index (χ3v) is 5.31. The first-order valence-corrected chi connectivity index (χ1v) is 8.99. The van der Waals surface area contributed by atoms with Crippen molar-refractivity contribution in [1.82, 2.24) is 0 Å². The van der Waals surface area contributed by atoms with Crippen LogP contribution in [0.2, 0.25) is 0 Å². The highest BCUT2D eigenvalue weighted by Gasteiger charge is 2.40. The highest BCUT2D eigenvalue weighted by molar-refractivity contribution is 7.10. The maximum absolute atomic E-state index is 12.7. The zero-order chi connectivity index (χ0) is 17.1. The van der Waals surface area contributed by atoms with E-state index in [0.29, 0.717) is 6.42 Å². The average molecular weight is 340 g/mol. The molecule has 1 aliphatic rings. The molecular formula is C20H20O3S. The normalized spacial score (nSPS) is 20.6. The van der Waals surface area contributed by atoms with E-state index < -0.39 is 11.9 Å². The lowest BCUT2D eigenvalue weighted by atomic mass is 9.76. The van der Waals surface area contributed by atoms with Crippen LogP contribution in [-0.4, -0.2) is 18.4 Å². The van der Waals surface area contributed by atoms with Crippen molar-refractivity contribution in [1.29, 1.82) is 0 Å². The molecule has 0 amide bonds. The highest BCUT2D eigenvalue weighted by Crippen LogP contribution is 2.41. The van der Waals surface area contributed by atoms with Crippen LogP contribution in [-0.2, 0) is 14.3 Å². The van der Waals surface area contributed by atoms with Crippen molar-refractivity contribution in [3.63, 3.8) is 0 Å². The summed E-state index contributed by atoms with van der Waals surface area (Å²) in [5, 5.41) is 1.98. The van der Waals surface area contributed by atoms with Gasteiger partial charge in [-0.15, -0.1) is 11.3 Å². The first kappa shape index (κ1) is 16.7. The molecule has 0 saturated carbocycles. The maximum atomic E-state index is 12.7. The van der Waals surface area contributed by atoms with Gasteiger partial charge in [0, 0.05) is 10.8 Å². The SMILES string of the molecule is CCOC(=O)[C@H]1C(=O)C=C(c2cccc(C)c2)C[C@@H]1c1cccs1. The Labute approximate surface area is 146 Å². The summed E-state index contributed by atoms with van der Waals surface area (Å²) < 4.78 is 5.16. The van der Waals surface area contributed by atoms with Crippen LogP contribution < -0.4 is 0 Å². The van der Waals surface area contributed by atoms with Crippen molar-refractivity contribution in [2.24, 2.45) is 5.92 Å². The largest absolute Gasteiger partial charge is 0.465 e. The molecule has 0 bridgehead atoms. The molecule has 3 nitrogen and oxygen atoms in total. The number of hydrogen-bond acceptors (Lipinski definition) is 4. The monoisotopic (exact) mass is 340 g/mol. The van der Waals surface area contributed by atoms with E-state index in [2.05, 4.69) is 6.07 Å². The molecule has 0 aliphatic heterocycles. The summed E-state index contributed by atoms with van der Waals surface area (Å²) in [5.74, 6) is -1.47. The Morgan fingerprint density at radius 2 is 2.12 bits per heavy atom. The van der Waals surface area contributed by atoms with Crippen LogP contribution in [0.5, 0.6) is 0 Å². The van der Waals surface area contributed by atoms with Gasteiger partial charge in [0.2, 0.25) is 0 Å². The number of ether oxygens (including phenoxy) is 1. The molecule has 1 heterocycles. The zero-order valence-electron chi connectivity index (χ0n) is 13.8. The lowest BCUT2D eigenvalue weighted by molar-refractivity contribution is -0.151. The van der Waals surface area contributed by atoms with Crippen LogP contribution in [0.3, 0.4) is 0 Å². The van der Waals surface area contributed by atoms with Gasteiger partial charge in [-0.2, -0.15) is 0 Å². The standard InChI is InChI=1S/C20H20O3S/c1-3-23-20(22)19-16(18-8-5-9-24-18)11-15(12-17(19)21)14-7-4-6-13(2)10-14/h4-10,12,16,19H,3,11H2,1-2H3/t16-,19-/m1/s1. The molecule has 2 aromatic rings. The summed E-state index contributed by atoms with van der Waals surface area (Å²) in [6, 6.07) is 12.1. The minimum atomic E-state index is -0.739. The van der Waals surface area contributed by atoms with Gasteiger partial charge in [0.15, 0.2) is 5.78 Å². The molecule has 0 N–H and O–H groups in total. The summed E-state index contributed by atoms with van der Waals surface area (Å²) in [4.78, 5) is 26.1. The van der Waals surface area contributed by atoms with Crippen LogP contribution >= 0.6 is 11.3 Å². The molecule has 124 valence electrons. The van der Waals surface area contributed by atoms with E-state index in [-0.39, 0.29) is 18.3 Å². The van der Waals surface area contributed by atoms with Crippen LogP contribution in [0.15, 0.2) is 47.9 Å².